The molecule has 1 saturated heterocycles. The largest absolute Gasteiger partial charge is 0.326 e. The third kappa shape index (κ3) is 1.60. The Morgan fingerprint density at radius 2 is 2.38 bits per heavy atom. The van der Waals surface area contributed by atoms with Crippen LogP contribution in [0.2, 0.25) is 0 Å². The maximum absolute atomic E-state index is 5.95. The van der Waals surface area contributed by atoms with Crippen molar-refractivity contribution in [3.63, 3.8) is 0 Å². The molecule has 2 aliphatic rings. The summed E-state index contributed by atoms with van der Waals surface area (Å²) in [5.41, 5.74) is 7.13. The molecule has 4 heteroatoms. The molecule has 0 amide bonds. The van der Waals surface area contributed by atoms with E-state index in [-0.39, 0.29) is 0 Å². The molecule has 0 spiro atoms. The Morgan fingerprint density at radius 1 is 1.44 bits per heavy atom. The van der Waals surface area contributed by atoms with Crippen LogP contribution in [-0.4, -0.2) is 35.7 Å². The predicted molar refractivity (Wildman–Crippen MR) is 64.8 cm³/mol. The van der Waals surface area contributed by atoms with Gasteiger partial charge in [0.2, 0.25) is 0 Å². The molecule has 1 aromatic rings. The van der Waals surface area contributed by atoms with Gasteiger partial charge in [-0.15, -0.1) is 0 Å². The molecule has 1 unspecified atom stereocenters. The van der Waals surface area contributed by atoms with Crippen LogP contribution in [0.5, 0.6) is 0 Å². The van der Waals surface area contributed by atoms with Crippen molar-refractivity contribution >= 4 is 11.9 Å². The second-order valence-electron chi connectivity index (χ2n) is 4.36. The Kier molecular flexibility index (Phi) is 2.38. The van der Waals surface area contributed by atoms with Crippen LogP contribution in [0.3, 0.4) is 0 Å². The molecule has 16 heavy (non-hydrogen) atoms. The van der Waals surface area contributed by atoms with E-state index in [1.807, 2.05) is 12.3 Å². The van der Waals surface area contributed by atoms with Crippen LogP contribution >= 0.6 is 0 Å². The smallest absolute Gasteiger partial charge is 0.150 e. The zero-order valence-corrected chi connectivity index (χ0v) is 9.21. The summed E-state index contributed by atoms with van der Waals surface area (Å²) in [6.07, 6.45) is 7.23. The minimum Gasteiger partial charge on any atom is -0.326 e. The fourth-order valence-electron chi connectivity index (χ4n) is 2.36. The lowest BCUT2D eigenvalue weighted by Crippen LogP contribution is -2.44. The number of aromatic nitrogens is 1. The SMILES string of the molecule is NC1CCN(N2CC=Cc3cccnc32)C1. The normalized spacial score (nSPS) is 24.8. The van der Waals surface area contributed by atoms with Gasteiger partial charge in [-0.3, -0.25) is 5.01 Å². The summed E-state index contributed by atoms with van der Waals surface area (Å²) >= 11 is 0. The van der Waals surface area contributed by atoms with Gasteiger partial charge in [0.05, 0.1) is 6.54 Å². The van der Waals surface area contributed by atoms with Crippen molar-refractivity contribution in [3.05, 3.63) is 30.0 Å². The molecule has 84 valence electrons. The third-order valence-corrected chi connectivity index (χ3v) is 3.18. The molecule has 0 radical (unpaired) electrons. The maximum Gasteiger partial charge on any atom is 0.150 e. The van der Waals surface area contributed by atoms with E-state index in [2.05, 4.69) is 33.2 Å². The second-order valence-corrected chi connectivity index (χ2v) is 4.36. The van der Waals surface area contributed by atoms with Crippen molar-refractivity contribution in [2.75, 3.05) is 24.6 Å². The van der Waals surface area contributed by atoms with Crippen molar-refractivity contribution < 1.29 is 0 Å². The summed E-state index contributed by atoms with van der Waals surface area (Å²) in [5, 5.41) is 4.54. The van der Waals surface area contributed by atoms with Crippen LogP contribution in [-0.2, 0) is 0 Å². The summed E-state index contributed by atoms with van der Waals surface area (Å²) in [6, 6.07) is 4.38. The van der Waals surface area contributed by atoms with Gasteiger partial charge in [0.15, 0.2) is 0 Å². The maximum atomic E-state index is 5.95. The summed E-state index contributed by atoms with van der Waals surface area (Å²) in [7, 11) is 0. The zero-order chi connectivity index (χ0) is 11.0. The van der Waals surface area contributed by atoms with Gasteiger partial charge < -0.3 is 5.73 Å². The molecule has 4 nitrogen and oxygen atoms in total. The van der Waals surface area contributed by atoms with Gasteiger partial charge in [-0.2, -0.15) is 0 Å². The lowest BCUT2D eigenvalue weighted by atomic mass is 10.2. The number of nitrogens with two attached hydrogens (primary N) is 1. The molecule has 0 aliphatic carbocycles. The number of hydrogen-bond donors (Lipinski definition) is 1. The topological polar surface area (TPSA) is 45.4 Å². The van der Waals surface area contributed by atoms with E-state index in [1.165, 1.54) is 5.56 Å². The lowest BCUT2D eigenvalue weighted by Gasteiger charge is -2.34. The van der Waals surface area contributed by atoms with Crippen LogP contribution in [0.15, 0.2) is 24.4 Å². The lowest BCUT2D eigenvalue weighted by molar-refractivity contribution is 0.309. The fraction of sp³-hybridized carbons (Fsp3) is 0.417. The first kappa shape index (κ1) is 9.81. The van der Waals surface area contributed by atoms with E-state index >= 15 is 0 Å². The second kappa shape index (κ2) is 3.88. The summed E-state index contributed by atoms with van der Waals surface area (Å²) in [6.45, 7) is 2.87. The highest BCUT2D eigenvalue weighted by Gasteiger charge is 2.27. The molecule has 0 saturated carbocycles. The molecule has 2 aliphatic heterocycles. The zero-order valence-electron chi connectivity index (χ0n) is 9.21. The summed E-state index contributed by atoms with van der Waals surface area (Å²) in [4.78, 5) is 4.46. The summed E-state index contributed by atoms with van der Waals surface area (Å²) in [5.74, 6) is 1.05. The van der Waals surface area contributed by atoms with Gasteiger partial charge in [0, 0.05) is 30.9 Å². The monoisotopic (exact) mass is 216 g/mol. The van der Waals surface area contributed by atoms with E-state index in [1.54, 1.807) is 0 Å². The molecule has 1 aromatic heterocycles. The number of hydrogen-bond acceptors (Lipinski definition) is 4. The number of hydrazine groups is 1. The van der Waals surface area contributed by atoms with Gasteiger partial charge in [-0.1, -0.05) is 12.2 Å². The quantitative estimate of drug-likeness (QED) is 0.756. The Hall–Kier alpha value is -1.39. The molecular weight excluding hydrogens is 200 g/mol. The van der Waals surface area contributed by atoms with Gasteiger partial charge in [-0.05, 0) is 18.6 Å². The van der Waals surface area contributed by atoms with Gasteiger partial charge in [0.25, 0.3) is 0 Å². The average molecular weight is 216 g/mol. The fourth-order valence-corrected chi connectivity index (χ4v) is 2.36. The van der Waals surface area contributed by atoms with Crippen molar-refractivity contribution in [1.82, 2.24) is 9.99 Å². The van der Waals surface area contributed by atoms with Crippen LogP contribution < -0.4 is 10.7 Å². The Labute approximate surface area is 95.3 Å². The standard InChI is InChI=1S/C12H16N4/c13-11-5-8-15(9-11)16-7-2-4-10-3-1-6-14-12(10)16/h1-4,6,11H,5,7-9,13H2. The van der Waals surface area contributed by atoms with E-state index in [4.69, 9.17) is 5.73 Å². The average Bonchev–Trinajstić information content (AvgIpc) is 2.75. The van der Waals surface area contributed by atoms with Crippen molar-refractivity contribution in [1.29, 1.82) is 0 Å². The Bertz CT molecular complexity index is 415. The molecule has 1 atom stereocenters. The highest BCUT2D eigenvalue weighted by atomic mass is 15.6. The van der Waals surface area contributed by atoms with E-state index in [0.717, 1.165) is 31.9 Å². The van der Waals surface area contributed by atoms with Crippen molar-refractivity contribution in [3.8, 4) is 0 Å². The minimum absolute atomic E-state index is 0.304. The first-order valence-electron chi connectivity index (χ1n) is 5.74. The molecule has 1 fully saturated rings. The molecular formula is C12H16N4. The first-order chi connectivity index (χ1) is 7.84. The number of nitrogens with zero attached hydrogens (tertiary/aromatic N) is 3. The van der Waals surface area contributed by atoms with Crippen LogP contribution in [0, 0.1) is 0 Å². The first-order valence-corrected chi connectivity index (χ1v) is 5.74. The Balaban J connectivity index is 1.90. The van der Waals surface area contributed by atoms with Crippen LogP contribution in [0.25, 0.3) is 6.08 Å². The van der Waals surface area contributed by atoms with Crippen LogP contribution in [0.1, 0.15) is 12.0 Å². The van der Waals surface area contributed by atoms with Gasteiger partial charge in [-0.25, -0.2) is 9.99 Å². The summed E-state index contributed by atoms with van der Waals surface area (Å²) < 4.78 is 0. The van der Waals surface area contributed by atoms with Gasteiger partial charge >= 0.3 is 0 Å². The molecule has 3 rings (SSSR count). The highest BCUT2D eigenvalue weighted by Crippen LogP contribution is 2.25. The molecule has 0 bridgehead atoms. The molecule has 3 heterocycles. The van der Waals surface area contributed by atoms with Crippen molar-refractivity contribution in [2.45, 2.75) is 12.5 Å². The number of fused-ring (bicyclic) bond motifs is 1. The number of pyridine rings is 1. The van der Waals surface area contributed by atoms with E-state index in [9.17, 15) is 0 Å². The predicted octanol–water partition coefficient (Wildman–Crippen LogP) is 0.863. The number of rotatable bonds is 1. The minimum atomic E-state index is 0.304. The Morgan fingerprint density at radius 3 is 3.19 bits per heavy atom. The molecule has 0 aromatic carbocycles. The van der Waals surface area contributed by atoms with E-state index in [0.29, 0.717) is 6.04 Å². The molecule has 2 N–H and O–H groups in total. The van der Waals surface area contributed by atoms with Crippen molar-refractivity contribution in [2.24, 2.45) is 5.73 Å². The van der Waals surface area contributed by atoms with E-state index < -0.39 is 0 Å². The number of anilines is 1. The van der Waals surface area contributed by atoms with Crippen LogP contribution in [0.4, 0.5) is 5.82 Å². The third-order valence-electron chi connectivity index (χ3n) is 3.18. The van der Waals surface area contributed by atoms with Gasteiger partial charge in [0.1, 0.15) is 5.82 Å². The highest BCUT2D eigenvalue weighted by molar-refractivity contribution is 5.67.